The molecule has 0 saturated carbocycles. The highest BCUT2D eigenvalue weighted by Crippen LogP contribution is 2.28. The minimum Gasteiger partial charge on any atom is -0.373 e. The van der Waals surface area contributed by atoms with Gasteiger partial charge in [0.25, 0.3) is 5.91 Å². The highest BCUT2D eigenvalue weighted by atomic mass is 35.5. The van der Waals surface area contributed by atoms with Gasteiger partial charge in [-0.2, -0.15) is 0 Å². The van der Waals surface area contributed by atoms with Crippen molar-refractivity contribution in [3.63, 3.8) is 0 Å². The van der Waals surface area contributed by atoms with E-state index in [1.807, 2.05) is 38.1 Å². The molecule has 2 amide bonds. The quantitative estimate of drug-likeness (QED) is 0.874. The third-order valence-corrected chi connectivity index (χ3v) is 4.14. The molecule has 1 aliphatic rings. The third kappa shape index (κ3) is 3.08. The van der Waals surface area contributed by atoms with Crippen LogP contribution in [-0.2, 0) is 9.59 Å². The van der Waals surface area contributed by atoms with Gasteiger partial charge in [-0.3, -0.25) is 9.59 Å². The SMILES string of the molecule is Cc1ccc(N2C(=O)CC(Nc3cccc(Cl)c3)C2=O)c(C)c1. The summed E-state index contributed by atoms with van der Waals surface area (Å²) in [5.41, 5.74) is 3.39. The van der Waals surface area contributed by atoms with Crippen molar-refractivity contribution in [1.29, 1.82) is 0 Å². The molecular weight excluding hydrogens is 312 g/mol. The number of halogens is 1. The second-order valence-electron chi connectivity index (χ2n) is 5.77. The van der Waals surface area contributed by atoms with Gasteiger partial charge >= 0.3 is 0 Å². The first-order valence-corrected chi connectivity index (χ1v) is 7.79. The van der Waals surface area contributed by atoms with Crippen molar-refractivity contribution < 1.29 is 9.59 Å². The van der Waals surface area contributed by atoms with Gasteiger partial charge < -0.3 is 5.32 Å². The van der Waals surface area contributed by atoms with E-state index in [2.05, 4.69) is 5.32 Å². The van der Waals surface area contributed by atoms with Crippen molar-refractivity contribution in [2.24, 2.45) is 0 Å². The molecular formula is C18H17ClN2O2. The molecule has 0 aliphatic carbocycles. The predicted octanol–water partition coefficient (Wildman–Crippen LogP) is 3.70. The summed E-state index contributed by atoms with van der Waals surface area (Å²) < 4.78 is 0. The number of aryl methyl sites for hydroxylation is 2. The number of imide groups is 1. The molecule has 1 heterocycles. The lowest BCUT2D eigenvalue weighted by molar-refractivity contribution is -0.121. The Balaban J connectivity index is 1.85. The lowest BCUT2D eigenvalue weighted by atomic mass is 10.1. The zero-order valence-corrected chi connectivity index (χ0v) is 13.7. The molecule has 1 atom stereocenters. The summed E-state index contributed by atoms with van der Waals surface area (Å²) in [5.74, 6) is -0.427. The van der Waals surface area contributed by atoms with Crippen LogP contribution in [0.15, 0.2) is 42.5 Å². The predicted molar refractivity (Wildman–Crippen MR) is 91.9 cm³/mol. The zero-order valence-electron chi connectivity index (χ0n) is 13.0. The van der Waals surface area contributed by atoms with Gasteiger partial charge in [-0.1, -0.05) is 35.4 Å². The molecule has 4 nitrogen and oxygen atoms in total. The molecule has 1 saturated heterocycles. The molecule has 5 heteroatoms. The van der Waals surface area contributed by atoms with Gasteiger partial charge in [0.1, 0.15) is 6.04 Å². The molecule has 0 spiro atoms. The highest BCUT2D eigenvalue weighted by molar-refractivity contribution is 6.30. The first-order chi connectivity index (χ1) is 11.0. The summed E-state index contributed by atoms with van der Waals surface area (Å²) in [5, 5.41) is 3.68. The summed E-state index contributed by atoms with van der Waals surface area (Å²) >= 11 is 5.95. The normalized spacial score (nSPS) is 17.7. The van der Waals surface area contributed by atoms with Crippen LogP contribution in [0.5, 0.6) is 0 Å². The summed E-state index contributed by atoms with van der Waals surface area (Å²) in [6.45, 7) is 3.88. The molecule has 23 heavy (non-hydrogen) atoms. The van der Waals surface area contributed by atoms with Gasteiger partial charge in [0.15, 0.2) is 0 Å². The average molecular weight is 329 g/mol. The lowest BCUT2D eigenvalue weighted by Gasteiger charge is -2.18. The molecule has 0 radical (unpaired) electrons. The van der Waals surface area contributed by atoms with E-state index in [1.165, 1.54) is 4.90 Å². The standard InChI is InChI=1S/C18H17ClN2O2/c1-11-6-7-16(12(2)8-11)21-17(22)10-15(18(21)23)20-14-5-3-4-13(19)9-14/h3-9,15,20H,10H2,1-2H3. The van der Waals surface area contributed by atoms with E-state index in [4.69, 9.17) is 11.6 Å². The summed E-state index contributed by atoms with van der Waals surface area (Å²) in [7, 11) is 0. The van der Waals surface area contributed by atoms with Crippen molar-refractivity contribution in [2.45, 2.75) is 26.3 Å². The number of rotatable bonds is 3. The average Bonchev–Trinajstić information content (AvgIpc) is 2.74. The van der Waals surface area contributed by atoms with E-state index < -0.39 is 6.04 Å². The van der Waals surface area contributed by atoms with Gasteiger partial charge in [-0.25, -0.2) is 4.90 Å². The topological polar surface area (TPSA) is 49.4 Å². The molecule has 2 aromatic rings. The number of anilines is 2. The van der Waals surface area contributed by atoms with Crippen molar-refractivity contribution in [2.75, 3.05) is 10.2 Å². The Kier molecular flexibility index (Phi) is 4.09. The fourth-order valence-electron chi connectivity index (χ4n) is 2.83. The maximum absolute atomic E-state index is 12.7. The van der Waals surface area contributed by atoms with Crippen molar-refractivity contribution >= 4 is 34.8 Å². The number of hydrogen-bond donors (Lipinski definition) is 1. The number of carbonyl (C=O) groups excluding carboxylic acids is 2. The van der Waals surface area contributed by atoms with Crippen LogP contribution < -0.4 is 10.2 Å². The van der Waals surface area contributed by atoms with Crippen LogP contribution in [0, 0.1) is 13.8 Å². The Bertz CT molecular complexity index is 788. The molecule has 1 aliphatic heterocycles. The van der Waals surface area contributed by atoms with Gasteiger partial charge in [-0.15, -0.1) is 0 Å². The summed E-state index contributed by atoms with van der Waals surface area (Å²) in [4.78, 5) is 26.3. The zero-order chi connectivity index (χ0) is 16.6. The van der Waals surface area contributed by atoms with Crippen molar-refractivity contribution in [3.05, 3.63) is 58.6 Å². The van der Waals surface area contributed by atoms with Crippen LogP contribution >= 0.6 is 11.6 Å². The minimum atomic E-state index is -0.568. The lowest BCUT2D eigenvalue weighted by Crippen LogP contribution is -2.35. The first-order valence-electron chi connectivity index (χ1n) is 7.42. The molecule has 118 valence electrons. The van der Waals surface area contributed by atoms with Gasteiger partial charge in [0.05, 0.1) is 12.1 Å². The van der Waals surface area contributed by atoms with Crippen LogP contribution in [0.25, 0.3) is 0 Å². The van der Waals surface area contributed by atoms with Crippen molar-refractivity contribution in [1.82, 2.24) is 0 Å². The Hall–Kier alpha value is -2.33. The molecule has 1 unspecified atom stereocenters. The van der Waals surface area contributed by atoms with Crippen LogP contribution in [0.2, 0.25) is 5.02 Å². The number of hydrogen-bond acceptors (Lipinski definition) is 3. The van der Waals surface area contributed by atoms with Gasteiger partial charge in [0, 0.05) is 10.7 Å². The van der Waals surface area contributed by atoms with Gasteiger partial charge in [0.2, 0.25) is 5.91 Å². The Morgan fingerprint density at radius 1 is 1.13 bits per heavy atom. The molecule has 2 aromatic carbocycles. The monoisotopic (exact) mass is 328 g/mol. The first kappa shape index (κ1) is 15.6. The molecule has 1 N–H and O–H groups in total. The van der Waals surface area contributed by atoms with E-state index in [1.54, 1.807) is 18.2 Å². The molecule has 1 fully saturated rings. The van der Waals surface area contributed by atoms with Gasteiger partial charge in [-0.05, 0) is 43.7 Å². The highest BCUT2D eigenvalue weighted by Gasteiger charge is 2.40. The number of amides is 2. The molecule has 0 bridgehead atoms. The minimum absolute atomic E-state index is 0.138. The molecule has 0 aromatic heterocycles. The number of benzene rings is 2. The fourth-order valence-corrected chi connectivity index (χ4v) is 3.02. The van der Waals surface area contributed by atoms with Crippen LogP contribution in [0.1, 0.15) is 17.5 Å². The largest absolute Gasteiger partial charge is 0.373 e. The van der Waals surface area contributed by atoms with E-state index in [0.29, 0.717) is 10.7 Å². The van der Waals surface area contributed by atoms with E-state index in [9.17, 15) is 9.59 Å². The summed E-state index contributed by atoms with van der Waals surface area (Å²) in [6.07, 6.45) is 0.138. The number of nitrogens with one attached hydrogen (secondary N) is 1. The third-order valence-electron chi connectivity index (χ3n) is 3.91. The van der Waals surface area contributed by atoms with Crippen LogP contribution in [-0.4, -0.2) is 17.9 Å². The second-order valence-corrected chi connectivity index (χ2v) is 6.21. The van der Waals surface area contributed by atoms with E-state index in [-0.39, 0.29) is 18.2 Å². The van der Waals surface area contributed by atoms with Crippen LogP contribution in [0.4, 0.5) is 11.4 Å². The van der Waals surface area contributed by atoms with Crippen LogP contribution in [0.3, 0.4) is 0 Å². The second kappa shape index (κ2) is 6.05. The van der Waals surface area contributed by atoms with E-state index in [0.717, 1.165) is 16.8 Å². The number of carbonyl (C=O) groups is 2. The number of nitrogens with zero attached hydrogens (tertiary/aromatic N) is 1. The smallest absolute Gasteiger partial charge is 0.256 e. The summed E-state index contributed by atoms with van der Waals surface area (Å²) in [6, 6.07) is 12.2. The van der Waals surface area contributed by atoms with E-state index >= 15 is 0 Å². The molecule has 3 rings (SSSR count). The van der Waals surface area contributed by atoms with Crippen molar-refractivity contribution in [3.8, 4) is 0 Å². The Morgan fingerprint density at radius 2 is 1.91 bits per heavy atom. The Morgan fingerprint density at radius 3 is 2.61 bits per heavy atom. The maximum Gasteiger partial charge on any atom is 0.256 e. The fraction of sp³-hybridized carbons (Fsp3) is 0.222. The Labute approximate surface area is 140 Å². The maximum atomic E-state index is 12.7.